The minimum Gasteiger partial charge on any atom is -0.312 e. The number of hydrogen-bond acceptors (Lipinski definition) is 1. The van der Waals surface area contributed by atoms with Gasteiger partial charge in [-0.1, -0.05) is 27.7 Å². The first-order valence-electron chi connectivity index (χ1n) is 4.31. The second-order valence-corrected chi connectivity index (χ2v) is 3.46. The van der Waals surface area contributed by atoms with Crippen LogP contribution in [0.4, 0.5) is 0 Å². The average molecular weight is 143 g/mol. The summed E-state index contributed by atoms with van der Waals surface area (Å²) < 4.78 is 0. The highest BCUT2D eigenvalue weighted by Crippen LogP contribution is 2.19. The molecule has 1 heteroatoms. The van der Waals surface area contributed by atoms with Crippen LogP contribution in [0.1, 0.15) is 41.0 Å². The van der Waals surface area contributed by atoms with Crippen molar-refractivity contribution in [2.45, 2.75) is 46.6 Å². The second-order valence-electron chi connectivity index (χ2n) is 3.46. The molecule has 1 N–H and O–H groups in total. The molecule has 0 rings (SSSR count). The molecule has 0 aromatic rings. The maximum Gasteiger partial charge on any atom is 0.0173 e. The maximum absolute atomic E-state index is 3.51. The zero-order valence-electron chi connectivity index (χ0n) is 7.99. The third-order valence-electron chi connectivity index (χ3n) is 2.59. The Morgan fingerprint density at radius 2 is 1.80 bits per heavy atom. The van der Waals surface area contributed by atoms with E-state index >= 15 is 0 Å². The summed E-state index contributed by atoms with van der Waals surface area (Å²) in [5, 5.41) is 3.51. The lowest BCUT2D eigenvalue weighted by Gasteiger charge is -2.33. The highest BCUT2D eigenvalue weighted by Gasteiger charge is 2.23. The van der Waals surface area contributed by atoms with Crippen molar-refractivity contribution < 1.29 is 0 Å². The van der Waals surface area contributed by atoms with E-state index in [4.69, 9.17) is 0 Å². The van der Waals surface area contributed by atoms with E-state index in [0.717, 1.165) is 12.5 Å². The van der Waals surface area contributed by atoms with Crippen LogP contribution in [-0.4, -0.2) is 12.1 Å². The molecule has 0 aliphatic heterocycles. The number of nitrogens with one attached hydrogen (secondary N) is 1. The molecule has 0 radical (unpaired) electrons. The predicted octanol–water partition coefficient (Wildman–Crippen LogP) is 2.42. The van der Waals surface area contributed by atoms with Gasteiger partial charge in [0.05, 0.1) is 0 Å². The lowest BCUT2D eigenvalue weighted by atomic mass is 9.86. The van der Waals surface area contributed by atoms with Gasteiger partial charge in [-0.2, -0.15) is 0 Å². The fourth-order valence-electron chi connectivity index (χ4n) is 1.14. The van der Waals surface area contributed by atoms with Gasteiger partial charge in [-0.05, 0) is 25.8 Å². The first kappa shape index (κ1) is 9.96. The summed E-state index contributed by atoms with van der Waals surface area (Å²) in [5.74, 6) is 0.720. The highest BCUT2D eigenvalue weighted by molar-refractivity contribution is 4.83. The summed E-state index contributed by atoms with van der Waals surface area (Å²) in [7, 11) is 0. The van der Waals surface area contributed by atoms with Crippen molar-refractivity contribution in [3.63, 3.8) is 0 Å². The molecule has 0 saturated carbocycles. The molecule has 0 aliphatic carbocycles. The van der Waals surface area contributed by atoms with E-state index in [2.05, 4.69) is 39.9 Å². The molecule has 10 heavy (non-hydrogen) atoms. The monoisotopic (exact) mass is 143 g/mol. The SMILES string of the molecule is CCNC(C)(CC)C(C)C. The largest absolute Gasteiger partial charge is 0.312 e. The summed E-state index contributed by atoms with van der Waals surface area (Å²) in [4.78, 5) is 0. The van der Waals surface area contributed by atoms with Gasteiger partial charge in [0.2, 0.25) is 0 Å². The first-order chi connectivity index (χ1) is 4.56. The molecule has 1 nitrogen and oxygen atoms in total. The summed E-state index contributed by atoms with van der Waals surface area (Å²) in [6, 6.07) is 0. The summed E-state index contributed by atoms with van der Waals surface area (Å²) in [5.41, 5.74) is 0.342. The highest BCUT2D eigenvalue weighted by atomic mass is 15.0. The van der Waals surface area contributed by atoms with E-state index in [9.17, 15) is 0 Å². The fraction of sp³-hybridized carbons (Fsp3) is 1.00. The van der Waals surface area contributed by atoms with Gasteiger partial charge < -0.3 is 5.32 Å². The van der Waals surface area contributed by atoms with E-state index in [-0.39, 0.29) is 0 Å². The van der Waals surface area contributed by atoms with Crippen molar-refractivity contribution in [2.75, 3.05) is 6.54 Å². The number of rotatable bonds is 4. The van der Waals surface area contributed by atoms with Gasteiger partial charge in [0, 0.05) is 5.54 Å². The fourth-order valence-corrected chi connectivity index (χ4v) is 1.14. The molecule has 0 fully saturated rings. The third-order valence-corrected chi connectivity index (χ3v) is 2.59. The normalized spacial score (nSPS) is 17.4. The Morgan fingerprint density at radius 1 is 1.30 bits per heavy atom. The first-order valence-corrected chi connectivity index (χ1v) is 4.31. The van der Waals surface area contributed by atoms with Crippen LogP contribution in [0.2, 0.25) is 0 Å². The van der Waals surface area contributed by atoms with Crippen molar-refractivity contribution in [2.24, 2.45) is 5.92 Å². The molecule has 0 spiro atoms. The zero-order chi connectivity index (χ0) is 8.20. The van der Waals surface area contributed by atoms with E-state index in [0.29, 0.717) is 5.54 Å². The number of hydrogen-bond donors (Lipinski definition) is 1. The molecular formula is C9H21N. The molecule has 1 atom stereocenters. The van der Waals surface area contributed by atoms with Crippen LogP contribution in [0, 0.1) is 5.92 Å². The van der Waals surface area contributed by atoms with Gasteiger partial charge in [0.15, 0.2) is 0 Å². The van der Waals surface area contributed by atoms with E-state index < -0.39 is 0 Å². The molecule has 0 bridgehead atoms. The van der Waals surface area contributed by atoms with Crippen molar-refractivity contribution in [1.29, 1.82) is 0 Å². The Balaban J connectivity index is 3.94. The molecule has 1 unspecified atom stereocenters. The molecule has 0 aromatic heterocycles. The van der Waals surface area contributed by atoms with Crippen molar-refractivity contribution in [3.8, 4) is 0 Å². The van der Waals surface area contributed by atoms with Gasteiger partial charge >= 0.3 is 0 Å². The van der Waals surface area contributed by atoms with Crippen LogP contribution in [0.5, 0.6) is 0 Å². The van der Waals surface area contributed by atoms with Gasteiger partial charge in [-0.3, -0.25) is 0 Å². The Labute approximate surface area is 65.2 Å². The topological polar surface area (TPSA) is 12.0 Å². The van der Waals surface area contributed by atoms with Crippen molar-refractivity contribution in [3.05, 3.63) is 0 Å². The average Bonchev–Trinajstić information content (AvgIpc) is 1.88. The van der Waals surface area contributed by atoms with Gasteiger partial charge in [-0.25, -0.2) is 0 Å². The van der Waals surface area contributed by atoms with E-state index in [1.165, 1.54) is 6.42 Å². The van der Waals surface area contributed by atoms with Crippen LogP contribution < -0.4 is 5.32 Å². The lowest BCUT2D eigenvalue weighted by molar-refractivity contribution is 0.257. The summed E-state index contributed by atoms with van der Waals surface area (Å²) >= 11 is 0. The molecule has 0 aromatic carbocycles. The standard InChI is InChI=1S/C9H21N/c1-6-9(5,8(3)4)10-7-2/h8,10H,6-7H2,1-5H3. The molecule has 0 amide bonds. The van der Waals surface area contributed by atoms with Crippen LogP contribution in [-0.2, 0) is 0 Å². The van der Waals surface area contributed by atoms with Crippen LogP contribution >= 0.6 is 0 Å². The van der Waals surface area contributed by atoms with Gasteiger partial charge in [0.1, 0.15) is 0 Å². The predicted molar refractivity (Wildman–Crippen MR) is 47.2 cm³/mol. The van der Waals surface area contributed by atoms with Crippen LogP contribution in [0.3, 0.4) is 0 Å². The second kappa shape index (κ2) is 3.97. The minimum atomic E-state index is 0.342. The summed E-state index contributed by atoms with van der Waals surface area (Å²) in [6.45, 7) is 12.3. The van der Waals surface area contributed by atoms with E-state index in [1.54, 1.807) is 0 Å². The van der Waals surface area contributed by atoms with Crippen LogP contribution in [0.15, 0.2) is 0 Å². The third kappa shape index (κ3) is 2.30. The maximum atomic E-state index is 3.51. The lowest BCUT2D eigenvalue weighted by Crippen LogP contribution is -2.46. The zero-order valence-corrected chi connectivity index (χ0v) is 7.99. The molecule has 0 heterocycles. The quantitative estimate of drug-likeness (QED) is 0.637. The molecular weight excluding hydrogens is 122 g/mol. The van der Waals surface area contributed by atoms with Gasteiger partial charge in [0.25, 0.3) is 0 Å². The van der Waals surface area contributed by atoms with E-state index in [1.807, 2.05) is 0 Å². The van der Waals surface area contributed by atoms with Crippen LogP contribution in [0.25, 0.3) is 0 Å². The van der Waals surface area contributed by atoms with Crippen molar-refractivity contribution >= 4 is 0 Å². The van der Waals surface area contributed by atoms with Crippen molar-refractivity contribution in [1.82, 2.24) is 5.32 Å². The molecule has 0 saturated heterocycles. The Morgan fingerprint density at radius 3 is 1.90 bits per heavy atom. The Hall–Kier alpha value is -0.0400. The smallest absolute Gasteiger partial charge is 0.0173 e. The van der Waals surface area contributed by atoms with Gasteiger partial charge in [-0.15, -0.1) is 0 Å². The minimum absolute atomic E-state index is 0.342. The molecule has 62 valence electrons. The Kier molecular flexibility index (Phi) is 3.95. The Bertz CT molecular complexity index is 88.7. The summed E-state index contributed by atoms with van der Waals surface area (Å²) in [6.07, 6.45) is 1.21. The molecule has 0 aliphatic rings.